The molecule has 17 heteroatoms. The lowest BCUT2D eigenvalue weighted by molar-refractivity contribution is -0.278. The van der Waals surface area contributed by atoms with E-state index < -0.39 is 69.9 Å². The summed E-state index contributed by atoms with van der Waals surface area (Å²) in [6.45, 7) is -2.15. The molecule has 2 aliphatic heterocycles. The molecule has 1 unspecified atom stereocenters. The molecule has 2 aromatic rings. The van der Waals surface area contributed by atoms with E-state index in [4.69, 9.17) is 28.0 Å². The Hall–Kier alpha value is -2.94. The van der Waals surface area contributed by atoms with Gasteiger partial charge in [0.1, 0.15) is 11.5 Å². The summed E-state index contributed by atoms with van der Waals surface area (Å²) in [6.07, 6.45) is -10.6. The van der Waals surface area contributed by atoms with Gasteiger partial charge in [-0.15, -0.1) is 0 Å². The zero-order valence-corrected chi connectivity index (χ0v) is 20.0. The maximum Gasteiger partial charge on any atom is 0.455 e. The van der Waals surface area contributed by atoms with Gasteiger partial charge in [0.2, 0.25) is 0 Å². The van der Waals surface area contributed by atoms with E-state index in [1.165, 1.54) is 10.2 Å². The van der Waals surface area contributed by atoms with E-state index >= 15 is 0 Å². The molecule has 1 aromatic heterocycles. The lowest BCUT2D eigenvalue weighted by atomic mass is 9.89. The van der Waals surface area contributed by atoms with Crippen molar-refractivity contribution in [2.45, 2.75) is 43.4 Å². The predicted molar refractivity (Wildman–Crippen MR) is 114 cm³/mol. The molecule has 4 rings (SSSR count). The Kier molecular flexibility index (Phi) is 6.92. The van der Waals surface area contributed by atoms with Crippen LogP contribution in [0, 0.1) is 5.82 Å². The normalized spacial score (nSPS) is 19.8. The second-order valence-electron chi connectivity index (χ2n) is 8.43. The summed E-state index contributed by atoms with van der Waals surface area (Å²) in [5.41, 5.74) is -3.33. The Labute approximate surface area is 217 Å². The number of hydrogen-bond donors (Lipinski definition) is 1. The third-order valence-corrected chi connectivity index (χ3v) is 6.46. The summed E-state index contributed by atoms with van der Waals surface area (Å²) >= 11 is 11.4. The molecule has 0 aliphatic carbocycles. The van der Waals surface area contributed by atoms with E-state index in [2.05, 4.69) is 10.1 Å². The highest BCUT2D eigenvalue weighted by Crippen LogP contribution is 2.50. The molecule has 206 valence electrons. The van der Waals surface area contributed by atoms with Crippen molar-refractivity contribution >= 4 is 34.9 Å². The fraction of sp³-hybridized carbons (Fsp3) is 0.381. The molecule has 1 atom stereocenters. The number of pyridine rings is 1. The molecule has 0 saturated heterocycles. The second kappa shape index (κ2) is 9.36. The van der Waals surface area contributed by atoms with Crippen molar-refractivity contribution < 1.29 is 49.1 Å². The number of amides is 1. The minimum atomic E-state index is -5.87. The van der Waals surface area contributed by atoms with E-state index in [1.54, 1.807) is 0 Å². The number of oxime groups is 1. The predicted octanol–water partition coefficient (Wildman–Crippen LogP) is 5.96. The van der Waals surface area contributed by atoms with Crippen molar-refractivity contribution in [3.63, 3.8) is 0 Å². The highest BCUT2D eigenvalue weighted by atomic mass is 35.5. The van der Waals surface area contributed by atoms with Gasteiger partial charge in [-0.2, -0.15) is 35.1 Å². The van der Waals surface area contributed by atoms with Crippen LogP contribution in [0.2, 0.25) is 10.0 Å². The van der Waals surface area contributed by atoms with Gasteiger partial charge in [-0.1, -0.05) is 28.4 Å². The highest BCUT2D eigenvalue weighted by Gasteiger charge is 2.63. The van der Waals surface area contributed by atoms with Gasteiger partial charge in [0.05, 0.1) is 23.0 Å². The molecule has 2 aliphatic rings. The van der Waals surface area contributed by atoms with Gasteiger partial charge in [-0.3, -0.25) is 9.78 Å². The standard InChI is InChI=1S/C21H13Cl2F9N4O2/c22-12-2-11(3-13(23)16(12)24)18(20(27,28)29)4-15(35-38-18)36-6-9-1-14(33-5-10(9)7-36)17(37)34-8-19(25,26)21(30,31)32/h1-3,5H,4,6-8H2,(H,34,37). The van der Waals surface area contributed by atoms with Crippen molar-refractivity contribution in [3.8, 4) is 0 Å². The van der Waals surface area contributed by atoms with Gasteiger partial charge in [0.15, 0.2) is 5.82 Å². The summed E-state index contributed by atoms with van der Waals surface area (Å²) in [4.78, 5) is 22.0. The molecule has 6 nitrogen and oxygen atoms in total. The summed E-state index contributed by atoms with van der Waals surface area (Å²) in [5.74, 6) is -7.76. The molecule has 0 radical (unpaired) electrons. The van der Waals surface area contributed by atoms with Crippen LogP contribution in [-0.2, 0) is 23.5 Å². The smallest absolute Gasteiger partial charge is 0.372 e. The van der Waals surface area contributed by atoms with E-state index in [0.29, 0.717) is 11.1 Å². The average molecular weight is 595 g/mol. The largest absolute Gasteiger partial charge is 0.455 e. The van der Waals surface area contributed by atoms with E-state index in [9.17, 15) is 44.3 Å². The minimum absolute atomic E-state index is 0.0303. The van der Waals surface area contributed by atoms with Gasteiger partial charge in [0.25, 0.3) is 11.5 Å². The Morgan fingerprint density at radius 3 is 2.21 bits per heavy atom. The minimum Gasteiger partial charge on any atom is -0.372 e. The first kappa shape index (κ1) is 28.1. The quantitative estimate of drug-likeness (QED) is 0.350. The van der Waals surface area contributed by atoms with Crippen LogP contribution in [0.15, 0.2) is 29.6 Å². The Morgan fingerprint density at radius 2 is 1.63 bits per heavy atom. The fourth-order valence-electron chi connectivity index (χ4n) is 3.82. The van der Waals surface area contributed by atoms with Gasteiger partial charge in [-0.05, 0) is 29.3 Å². The van der Waals surface area contributed by atoms with Gasteiger partial charge in [-0.25, -0.2) is 4.39 Å². The monoisotopic (exact) mass is 594 g/mol. The zero-order chi connectivity index (χ0) is 28.3. The lowest BCUT2D eigenvalue weighted by Gasteiger charge is -2.30. The SMILES string of the molecule is O=C(NCC(F)(F)C(F)(F)F)c1cc2c(cn1)CN(C1=NOC(c3cc(Cl)c(F)c(Cl)c3)(C(F)(F)F)C1)C2. The summed E-state index contributed by atoms with van der Waals surface area (Å²) in [7, 11) is 0. The van der Waals surface area contributed by atoms with Crippen LogP contribution < -0.4 is 5.32 Å². The molecule has 3 heterocycles. The molecule has 1 N–H and O–H groups in total. The number of amidine groups is 1. The van der Waals surface area contributed by atoms with E-state index in [-0.39, 0.29) is 18.9 Å². The van der Waals surface area contributed by atoms with Crippen molar-refractivity contribution in [2.75, 3.05) is 6.54 Å². The number of alkyl halides is 8. The number of carbonyl (C=O) groups excluding carboxylic acids is 1. The second-order valence-corrected chi connectivity index (χ2v) is 9.25. The maximum atomic E-state index is 14.2. The fourth-order valence-corrected chi connectivity index (χ4v) is 4.30. The zero-order valence-electron chi connectivity index (χ0n) is 18.5. The van der Waals surface area contributed by atoms with Gasteiger partial charge < -0.3 is 15.1 Å². The molecule has 0 fully saturated rings. The highest BCUT2D eigenvalue weighted by molar-refractivity contribution is 6.35. The number of halogens is 11. The first-order chi connectivity index (χ1) is 17.4. The van der Waals surface area contributed by atoms with Crippen LogP contribution in [0.5, 0.6) is 0 Å². The molecule has 0 saturated carbocycles. The van der Waals surface area contributed by atoms with Gasteiger partial charge >= 0.3 is 18.3 Å². The van der Waals surface area contributed by atoms with E-state index in [0.717, 1.165) is 24.4 Å². The molecular formula is C21H13Cl2F9N4O2. The van der Waals surface area contributed by atoms with Crippen molar-refractivity contribution in [1.82, 2.24) is 15.2 Å². The van der Waals surface area contributed by atoms with Crippen LogP contribution >= 0.6 is 23.2 Å². The maximum absolute atomic E-state index is 14.2. The number of nitrogens with one attached hydrogen (secondary N) is 1. The molecule has 1 amide bonds. The first-order valence-corrected chi connectivity index (χ1v) is 11.1. The van der Waals surface area contributed by atoms with Crippen LogP contribution in [0.3, 0.4) is 0 Å². The Balaban J connectivity index is 1.50. The summed E-state index contributed by atoms with van der Waals surface area (Å²) in [6, 6.07) is 2.57. The third-order valence-electron chi connectivity index (χ3n) is 5.91. The Bertz CT molecular complexity index is 1290. The number of carbonyl (C=O) groups is 1. The number of hydrogen-bond acceptors (Lipinski definition) is 5. The average Bonchev–Trinajstić information content (AvgIpc) is 3.44. The number of benzene rings is 1. The molecule has 38 heavy (non-hydrogen) atoms. The number of aromatic nitrogens is 1. The van der Waals surface area contributed by atoms with Crippen LogP contribution in [0.4, 0.5) is 39.5 Å². The van der Waals surface area contributed by atoms with Crippen LogP contribution in [0.25, 0.3) is 0 Å². The van der Waals surface area contributed by atoms with E-state index in [1.807, 2.05) is 0 Å². The van der Waals surface area contributed by atoms with Crippen molar-refractivity contribution in [2.24, 2.45) is 5.16 Å². The third kappa shape index (κ3) is 4.93. The number of nitrogens with zero attached hydrogens (tertiary/aromatic N) is 3. The molecule has 0 spiro atoms. The van der Waals surface area contributed by atoms with Crippen molar-refractivity contribution in [3.05, 3.63) is 62.6 Å². The van der Waals surface area contributed by atoms with Gasteiger partial charge in [0, 0.05) is 24.8 Å². The summed E-state index contributed by atoms with van der Waals surface area (Å²) < 4.78 is 119. The molecule has 0 bridgehead atoms. The van der Waals surface area contributed by atoms with Crippen LogP contribution in [-0.4, -0.2) is 46.4 Å². The molecule has 1 aromatic carbocycles. The number of fused-ring (bicyclic) bond motifs is 1. The summed E-state index contributed by atoms with van der Waals surface area (Å²) in [5, 5.41) is 3.71. The van der Waals surface area contributed by atoms with Crippen LogP contribution in [0.1, 0.15) is 33.6 Å². The Morgan fingerprint density at radius 1 is 1.03 bits per heavy atom. The van der Waals surface area contributed by atoms with Crippen molar-refractivity contribution in [1.29, 1.82) is 0 Å². The topological polar surface area (TPSA) is 66.8 Å². The lowest BCUT2D eigenvalue weighted by Crippen LogP contribution is -2.46. The molecular weight excluding hydrogens is 582 g/mol. The first-order valence-electron chi connectivity index (χ1n) is 10.4. The number of rotatable bonds is 4.